The Balaban J connectivity index is 1.40. The van der Waals surface area contributed by atoms with E-state index in [2.05, 4.69) is 31.2 Å². The molecule has 33 heavy (non-hydrogen) atoms. The first-order valence-corrected chi connectivity index (χ1v) is 10.5. The van der Waals surface area contributed by atoms with Crippen molar-refractivity contribution in [1.82, 2.24) is 19.8 Å². The lowest BCUT2D eigenvalue weighted by Crippen LogP contribution is -2.20. The molecule has 0 fully saturated rings. The Morgan fingerprint density at radius 1 is 1.06 bits per heavy atom. The summed E-state index contributed by atoms with van der Waals surface area (Å²) in [5.41, 5.74) is 2.38. The molecule has 4 aromatic rings. The predicted octanol–water partition coefficient (Wildman–Crippen LogP) is 4.87. The third kappa shape index (κ3) is 5.12. The van der Waals surface area contributed by atoms with E-state index in [0.29, 0.717) is 33.8 Å². The molecule has 0 radical (unpaired) electrons. The minimum atomic E-state index is -0.459. The smallest absolute Gasteiger partial charge is 0.324 e. The molecule has 170 valence electrons. The van der Waals surface area contributed by atoms with Crippen LogP contribution >= 0.6 is 11.6 Å². The third-order valence-electron chi connectivity index (χ3n) is 4.74. The van der Waals surface area contributed by atoms with Crippen molar-refractivity contribution in [3.05, 3.63) is 64.8 Å². The first-order valence-electron chi connectivity index (χ1n) is 10.1. The number of aromatic nitrogens is 4. The van der Waals surface area contributed by atoms with Crippen molar-refractivity contribution in [2.24, 2.45) is 0 Å². The van der Waals surface area contributed by atoms with Gasteiger partial charge in [-0.2, -0.15) is 5.10 Å². The summed E-state index contributed by atoms with van der Waals surface area (Å²) in [7, 11) is 0. The number of fused-ring (bicyclic) bond motifs is 1. The lowest BCUT2D eigenvalue weighted by atomic mass is 9.93. The molecular formula is C22H22ClN7O3. The molecular weight excluding hydrogens is 446 g/mol. The standard InChI is InChI=1S/C22H22ClN7O3/c1-12-9-13(24-20(31)15-11-30-19(25-15)8-7-17(23)28-30)5-6-14(12)26-21(32)27-18-10-16(33-29-18)22(2,3)4/h5-11H,1-4H3,(H,24,31)(H2,26,27,29,32). The van der Waals surface area contributed by atoms with Crippen LogP contribution in [0.3, 0.4) is 0 Å². The van der Waals surface area contributed by atoms with E-state index in [1.54, 1.807) is 36.4 Å². The molecule has 0 atom stereocenters. The van der Waals surface area contributed by atoms with E-state index >= 15 is 0 Å². The van der Waals surface area contributed by atoms with Gasteiger partial charge >= 0.3 is 6.03 Å². The summed E-state index contributed by atoms with van der Waals surface area (Å²) in [6.07, 6.45) is 1.50. The number of hydrogen-bond acceptors (Lipinski definition) is 6. The number of amides is 3. The molecule has 0 unspecified atom stereocenters. The van der Waals surface area contributed by atoms with Crippen LogP contribution in [0.1, 0.15) is 42.6 Å². The third-order valence-corrected chi connectivity index (χ3v) is 4.95. The van der Waals surface area contributed by atoms with Gasteiger partial charge in [-0.05, 0) is 42.8 Å². The highest BCUT2D eigenvalue weighted by Gasteiger charge is 2.20. The molecule has 3 amide bonds. The molecule has 10 nitrogen and oxygen atoms in total. The fraction of sp³-hybridized carbons (Fsp3) is 0.227. The summed E-state index contributed by atoms with van der Waals surface area (Å²) in [5, 5.41) is 16.4. The van der Waals surface area contributed by atoms with Crippen molar-refractivity contribution in [1.29, 1.82) is 0 Å². The van der Waals surface area contributed by atoms with Crippen LogP contribution in [0.4, 0.5) is 22.0 Å². The predicted molar refractivity (Wildman–Crippen MR) is 125 cm³/mol. The van der Waals surface area contributed by atoms with Crippen molar-refractivity contribution in [2.45, 2.75) is 33.1 Å². The number of anilines is 3. The molecule has 3 N–H and O–H groups in total. The second kappa shape index (κ2) is 8.55. The van der Waals surface area contributed by atoms with Gasteiger partial charge in [0.2, 0.25) is 0 Å². The fourth-order valence-electron chi connectivity index (χ4n) is 3.00. The molecule has 4 rings (SSSR count). The van der Waals surface area contributed by atoms with Gasteiger partial charge in [0.1, 0.15) is 16.6 Å². The molecule has 0 aliphatic carbocycles. The Labute approximate surface area is 194 Å². The van der Waals surface area contributed by atoms with Gasteiger partial charge in [0, 0.05) is 22.9 Å². The van der Waals surface area contributed by atoms with Gasteiger partial charge in [0.25, 0.3) is 5.91 Å². The fourth-order valence-corrected chi connectivity index (χ4v) is 3.15. The van der Waals surface area contributed by atoms with E-state index in [9.17, 15) is 9.59 Å². The van der Waals surface area contributed by atoms with Gasteiger partial charge < -0.3 is 15.2 Å². The van der Waals surface area contributed by atoms with Gasteiger partial charge in [0.15, 0.2) is 11.5 Å². The summed E-state index contributed by atoms with van der Waals surface area (Å²) in [6.45, 7) is 7.78. The van der Waals surface area contributed by atoms with Crippen molar-refractivity contribution >= 4 is 46.4 Å². The van der Waals surface area contributed by atoms with Crippen LogP contribution in [0.15, 0.2) is 47.1 Å². The van der Waals surface area contributed by atoms with Crippen LogP contribution < -0.4 is 16.0 Å². The lowest BCUT2D eigenvalue weighted by molar-refractivity contribution is 0.102. The number of nitrogens with zero attached hydrogens (tertiary/aromatic N) is 4. The number of carbonyl (C=O) groups excluding carboxylic acids is 2. The van der Waals surface area contributed by atoms with Crippen LogP contribution in [0, 0.1) is 6.92 Å². The number of hydrogen-bond donors (Lipinski definition) is 3. The van der Waals surface area contributed by atoms with Gasteiger partial charge in [-0.15, -0.1) is 0 Å². The molecule has 3 heterocycles. The number of rotatable bonds is 4. The molecule has 0 spiro atoms. The van der Waals surface area contributed by atoms with E-state index in [4.69, 9.17) is 16.1 Å². The number of imidazole rings is 1. The molecule has 0 aliphatic heterocycles. The highest BCUT2D eigenvalue weighted by Crippen LogP contribution is 2.25. The number of nitrogens with one attached hydrogen (secondary N) is 3. The van der Waals surface area contributed by atoms with E-state index in [1.165, 1.54) is 10.7 Å². The van der Waals surface area contributed by atoms with E-state index < -0.39 is 11.9 Å². The number of halogens is 1. The van der Waals surface area contributed by atoms with E-state index in [0.717, 1.165) is 5.56 Å². The summed E-state index contributed by atoms with van der Waals surface area (Å²) < 4.78 is 6.71. The van der Waals surface area contributed by atoms with Gasteiger partial charge in [-0.3, -0.25) is 10.1 Å². The van der Waals surface area contributed by atoms with Crippen molar-refractivity contribution in [2.75, 3.05) is 16.0 Å². The summed E-state index contributed by atoms with van der Waals surface area (Å²) in [5.74, 6) is 0.593. The number of aryl methyl sites for hydroxylation is 1. The van der Waals surface area contributed by atoms with Crippen LogP contribution in [0.25, 0.3) is 5.65 Å². The summed E-state index contributed by atoms with van der Waals surface area (Å²) >= 11 is 5.87. The minimum absolute atomic E-state index is 0.200. The van der Waals surface area contributed by atoms with Gasteiger partial charge in [0.05, 0.1) is 6.20 Å². The van der Waals surface area contributed by atoms with Crippen LogP contribution in [-0.4, -0.2) is 31.7 Å². The number of urea groups is 1. The second-order valence-corrected chi connectivity index (χ2v) is 8.86. The Kier molecular flexibility index (Phi) is 5.77. The average molecular weight is 468 g/mol. The molecule has 1 aromatic carbocycles. The topological polar surface area (TPSA) is 126 Å². The maximum Gasteiger partial charge on any atom is 0.324 e. The Hall–Kier alpha value is -3.92. The van der Waals surface area contributed by atoms with Crippen molar-refractivity contribution in [3.8, 4) is 0 Å². The number of benzene rings is 1. The summed E-state index contributed by atoms with van der Waals surface area (Å²) in [6, 6.07) is 9.62. The van der Waals surface area contributed by atoms with Gasteiger partial charge in [-0.1, -0.05) is 37.5 Å². The molecule has 11 heteroatoms. The molecule has 0 saturated carbocycles. The largest absolute Gasteiger partial charge is 0.359 e. The van der Waals surface area contributed by atoms with Crippen molar-refractivity contribution in [3.63, 3.8) is 0 Å². The monoisotopic (exact) mass is 467 g/mol. The van der Waals surface area contributed by atoms with Gasteiger partial charge in [-0.25, -0.2) is 14.3 Å². The zero-order valence-electron chi connectivity index (χ0n) is 18.4. The highest BCUT2D eigenvalue weighted by atomic mass is 35.5. The quantitative estimate of drug-likeness (QED) is 0.393. The first-order chi connectivity index (χ1) is 15.6. The molecule has 0 saturated heterocycles. The lowest BCUT2D eigenvalue weighted by Gasteiger charge is -2.12. The van der Waals surface area contributed by atoms with E-state index in [1.807, 2.05) is 27.7 Å². The summed E-state index contributed by atoms with van der Waals surface area (Å²) in [4.78, 5) is 29.2. The zero-order valence-corrected chi connectivity index (χ0v) is 19.2. The minimum Gasteiger partial charge on any atom is -0.359 e. The highest BCUT2D eigenvalue weighted by molar-refractivity contribution is 6.29. The SMILES string of the molecule is Cc1cc(NC(=O)c2cn3nc(Cl)ccc3n2)ccc1NC(=O)Nc1cc(C(C)(C)C)on1. The first kappa shape index (κ1) is 22.3. The molecule has 0 aliphatic rings. The maximum atomic E-state index is 12.6. The second-order valence-electron chi connectivity index (χ2n) is 8.47. The maximum absolute atomic E-state index is 12.6. The Morgan fingerprint density at radius 3 is 2.55 bits per heavy atom. The van der Waals surface area contributed by atoms with Crippen LogP contribution in [-0.2, 0) is 5.41 Å². The van der Waals surface area contributed by atoms with E-state index in [-0.39, 0.29) is 11.1 Å². The number of carbonyl (C=O) groups is 2. The zero-order chi connectivity index (χ0) is 23.8. The van der Waals surface area contributed by atoms with Crippen LogP contribution in [0.2, 0.25) is 5.15 Å². The Bertz CT molecular complexity index is 1350. The average Bonchev–Trinajstić information content (AvgIpc) is 3.36. The van der Waals surface area contributed by atoms with Crippen LogP contribution in [0.5, 0.6) is 0 Å². The van der Waals surface area contributed by atoms with Crippen molar-refractivity contribution < 1.29 is 14.1 Å². The Morgan fingerprint density at radius 2 is 1.85 bits per heavy atom. The molecule has 0 bridgehead atoms. The molecule has 3 aromatic heterocycles. The normalized spacial score (nSPS) is 11.4.